The van der Waals surface area contributed by atoms with E-state index in [1.165, 1.54) is 12.1 Å². The van der Waals surface area contributed by atoms with E-state index in [4.69, 9.17) is 11.5 Å². The van der Waals surface area contributed by atoms with Crippen molar-refractivity contribution < 1.29 is 22.7 Å². The van der Waals surface area contributed by atoms with Gasteiger partial charge in [-0.25, -0.2) is 4.99 Å². The Bertz CT molecular complexity index is 780. The molecule has 0 saturated heterocycles. The lowest BCUT2D eigenvalue weighted by atomic mass is 10.1. The molecule has 0 aliphatic rings. The Labute approximate surface area is 164 Å². The van der Waals surface area contributed by atoms with Crippen LogP contribution in [0.5, 0.6) is 5.75 Å². The van der Waals surface area contributed by atoms with Crippen LogP contribution in [0.15, 0.2) is 53.5 Å². The highest BCUT2D eigenvalue weighted by Gasteiger charge is 2.30. The van der Waals surface area contributed by atoms with Crippen LogP contribution in [0.1, 0.15) is 15.9 Å². The zero-order valence-corrected chi connectivity index (χ0v) is 15.6. The number of carbonyl (C=O) groups excluding carboxylic acids is 1. The molecular formula is C16H16F3IN4O2. The highest BCUT2D eigenvalue weighted by Crippen LogP contribution is 2.23. The van der Waals surface area contributed by atoms with Crippen molar-refractivity contribution in [2.45, 2.75) is 12.9 Å². The first-order valence-electron chi connectivity index (χ1n) is 7.04. The second-order valence-electron chi connectivity index (χ2n) is 4.96. The summed E-state index contributed by atoms with van der Waals surface area (Å²) >= 11 is 0. The minimum absolute atomic E-state index is 0. The number of rotatable bonds is 5. The van der Waals surface area contributed by atoms with Crippen LogP contribution in [0.25, 0.3) is 0 Å². The molecule has 0 aromatic heterocycles. The topological polar surface area (TPSA) is 103 Å². The largest absolute Gasteiger partial charge is 0.573 e. The molecule has 2 aromatic carbocycles. The maximum absolute atomic E-state index is 12.1. The maximum Gasteiger partial charge on any atom is 0.573 e. The molecule has 0 unspecified atom stereocenters. The molecule has 6 nitrogen and oxygen atoms in total. The molecular weight excluding hydrogens is 464 g/mol. The molecule has 0 radical (unpaired) electrons. The lowest BCUT2D eigenvalue weighted by molar-refractivity contribution is -0.274. The minimum Gasteiger partial charge on any atom is -0.406 e. The van der Waals surface area contributed by atoms with Crippen molar-refractivity contribution in [1.82, 2.24) is 0 Å². The van der Waals surface area contributed by atoms with Gasteiger partial charge in [-0.2, -0.15) is 0 Å². The molecule has 0 aliphatic heterocycles. The Morgan fingerprint density at radius 2 is 1.77 bits per heavy atom. The Balaban J connectivity index is 0.00000338. The van der Waals surface area contributed by atoms with E-state index in [9.17, 15) is 18.0 Å². The number of nitrogens with two attached hydrogens (primary N) is 2. The van der Waals surface area contributed by atoms with Crippen molar-refractivity contribution in [3.8, 4) is 5.75 Å². The van der Waals surface area contributed by atoms with Gasteiger partial charge in [-0.1, -0.05) is 12.1 Å². The molecule has 0 bridgehead atoms. The first kappa shape index (κ1) is 21.5. The smallest absolute Gasteiger partial charge is 0.406 e. The summed E-state index contributed by atoms with van der Waals surface area (Å²) in [5, 5.41) is 2.74. The average Bonchev–Trinajstić information content (AvgIpc) is 2.54. The van der Waals surface area contributed by atoms with Crippen molar-refractivity contribution in [2.75, 3.05) is 5.32 Å². The number of hydrogen-bond donors (Lipinski definition) is 3. The zero-order valence-electron chi connectivity index (χ0n) is 13.3. The number of halogens is 4. The minimum atomic E-state index is -4.74. The second kappa shape index (κ2) is 9.27. The van der Waals surface area contributed by atoms with Crippen LogP contribution in [0, 0.1) is 0 Å². The van der Waals surface area contributed by atoms with E-state index in [0.29, 0.717) is 11.3 Å². The van der Waals surface area contributed by atoms with Crippen molar-refractivity contribution >= 4 is 41.5 Å². The van der Waals surface area contributed by atoms with Gasteiger partial charge < -0.3 is 21.5 Å². The summed E-state index contributed by atoms with van der Waals surface area (Å²) in [4.78, 5) is 15.2. The maximum atomic E-state index is 12.1. The van der Waals surface area contributed by atoms with E-state index in [1.807, 2.05) is 0 Å². The third-order valence-corrected chi connectivity index (χ3v) is 3.00. The molecule has 1 amide bonds. The Morgan fingerprint density at radius 3 is 2.35 bits per heavy atom. The molecule has 26 heavy (non-hydrogen) atoms. The van der Waals surface area contributed by atoms with Gasteiger partial charge in [0.15, 0.2) is 5.96 Å². The number of aliphatic imine (C=N–C) groups is 1. The zero-order chi connectivity index (χ0) is 18.4. The summed E-state index contributed by atoms with van der Waals surface area (Å²) in [5.41, 5.74) is 12.5. The Kier molecular flexibility index (Phi) is 7.68. The lowest BCUT2D eigenvalue weighted by Crippen LogP contribution is -2.22. The summed E-state index contributed by atoms with van der Waals surface area (Å²) in [6.45, 7) is 0.204. The SMILES string of the molecule is I.NC(=O)c1cccc(CN=C(N)Nc2ccc(OC(F)(F)F)cc2)c1. The number of alkyl halides is 3. The van der Waals surface area contributed by atoms with Crippen LogP contribution in [-0.2, 0) is 6.54 Å². The van der Waals surface area contributed by atoms with Crippen molar-refractivity contribution in [3.05, 3.63) is 59.7 Å². The summed E-state index contributed by atoms with van der Waals surface area (Å²) in [7, 11) is 0. The highest BCUT2D eigenvalue weighted by atomic mass is 127. The summed E-state index contributed by atoms with van der Waals surface area (Å²) in [6, 6.07) is 11.7. The monoisotopic (exact) mass is 480 g/mol. The number of amides is 1. The molecule has 5 N–H and O–H groups in total. The number of anilines is 1. The van der Waals surface area contributed by atoms with Crippen LogP contribution >= 0.6 is 24.0 Å². The van der Waals surface area contributed by atoms with Crippen LogP contribution in [0.3, 0.4) is 0 Å². The fourth-order valence-corrected chi connectivity index (χ4v) is 1.93. The number of carbonyl (C=O) groups is 1. The van der Waals surface area contributed by atoms with E-state index < -0.39 is 12.3 Å². The number of nitrogens with one attached hydrogen (secondary N) is 1. The van der Waals surface area contributed by atoms with E-state index >= 15 is 0 Å². The van der Waals surface area contributed by atoms with Crippen LogP contribution in [0.2, 0.25) is 0 Å². The van der Waals surface area contributed by atoms with Crippen molar-refractivity contribution in [2.24, 2.45) is 16.5 Å². The van der Waals surface area contributed by atoms with Gasteiger partial charge in [0.05, 0.1) is 6.54 Å². The van der Waals surface area contributed by atoms with Gasteiger partial charge in [0, 0.05) is 11.3 Å². The molecule has 2 aromatic rings. The van der Waals surface area contributed by atoms with E-state index in [0.717, 1.165) is 17.7 Å². The van der Waals surface area contributed by atoms with Crippen molar-refractivity contribution in [1.29, 1.82) is 0 Å². The molecule has 140 valence electrons. The number of guanidine groups is 1. The van der Waals surface area contributed by atoms with Gasteiger partial charge in [0.25, 0.3) is 0 Å². The number of nitrogens with zero attached hydrogens (tertiary/aromatic N) is 1. The van der Waals surface area contributed by atoms with Crippen LogP contribution in [-0.4, -0.2) is 18.2 Å². The molecule has 0 atom stereocenters. The molecule has 0 heterocycles. The number of primary amides is 1. The second-order valence-corrected chi connectivity index (χ2v) is 4.96. The number of ether oxygens (including phenoxy) is 1. The average molecular weight is 480 g/mol. The third kappa shape index (κ3) is 7.17. The quantitative estimate of drug-likeness (QED) is 0.348. The summed E-state index contributed by atoms with van der Waals surface area (Å²) < 4.78 is 40.0. The number of benzene rings is 2. The first-order chi connectivity index (χ1) is 11.7. The molecule has 0 spiro atoms. The predicted octanol–water partition coefficient (Wildman–Crippen LogP) is 3.23. The predicted molar refractivity (Wildman–Crippen MR) is 102 cm³/mol. The van der Waals surface area contributed by atoms with E-state index in [2.05, 4.69) is 15.0 Å². The van der Waals surface area contributed by atoms with Gasteiger partial charge in [-0.05, 0) is 42.0 Å². The normalized spacial score (nSPS) is 11.4. The molecule has 2 rings (SSSR count). The highest BCUT2D eigenvalue weighted by molar-refractivity contribution is 14.0. The molecule has 0 fully saturated rings. The van der Waals surface area contributed by atoms with Crippen LogP contribution < -0.4 is 21.5 Å². The molecule has 0 aliphatic carbocycles. The van der Waals surface area contributed by atoms with E-state index in [1.54, 1.807) is 24.3 Å². The van der Waals surface area contributed by atoms with Gasteiger partial charge >= 0.3 is 6.36 Å². The first-order valence-corrected chi connectivity index (χ1v) is 7.04. The fourth-order valence-electron chi connectivity index (χ4n) is 1.93. The molecule has 10 heteroatoms. The van der Waals surface area contributed by atoms with Gasteiger partial charge in [-0.15, -0.1) is 37.1 Å². The standard InChI is InChI=1S/C16H15F3N4O2.HI/c17-16(18,19)25-13-6-4-12(5-7-13)23-15(21)22-9-10-2-1-3-11(8-10)14(20)24;/h1-8H,9H2,(H2,20,24)(H3,21,22,23);1H. The Morgan fingerprint density at radius 1 is 1.12 bits per heavy atom. The Hall–Kier alpha value is -2.50. The van der Waals surface area contributed by atoms with E-state index in [-0.39, 0.29) is 42.2 Å². The summed E-state index contributed by atoms with van der Waals surface area (Å²) in [5.74, 6) is -0.816. The van der Waals surface area contributed by atoms with Gasteiger partial charge in [-0.3, -0.25) is 4.79 Å². The summed E-state index contributed by atoms with van der Waals surface area (Å²) in [6.07, 6.45) is -4.74. The van der Waals surface area contributed by atoms with Crippen LogP contribution in [0.4, 0.5) is 18.9 Å². The number of hydrogen-bond acceptors (Lipinski definition) is 3. The van der Waals surface area contributed by atoms with Crippen molar-refractivity contribution in [3.63, 3.8) is 0 Å². The van der Waals surface area contributed by atoms with Gasteiger partial charge in [0.2, 0.25) is 5.91 Å². The van der Waals surface area contributed by atoms with Gasteiger partial charge in [0.1, 0.15) is 5.75 Å². The third-order valence-electron chi connectivity index (χ3n) is 3.00. The lowest BCUT2D eigenvalue weighted by Gasteiger charge is -2.10. The molecule has 0 saturated carbocycles. The fraction of sp³-hybridized carbons (Fsp3) is 0.125.